The third kappa shape index (κ3) is 5.58. The molecule has 74 heavy (non-hydrogen) atoms. The second-order valence-corrected chi connectivity index (χ2v) is 19.1. The summed E-state index contributed by atoms with van der Waals surface area (Å²) in [5, 5.41) is 6.13. The lowest BCUT2D eigenvalue weighted by atomic mass is 10.1. The number of pyridine rings is 6. The Balaban J connectivity index is 0.721. The largest absolute Gasteiger partial charge is 0.359 e. The van der Waals surface area contributed by atoms with E-state index in [9.17, 15) is 0 Å². The number of nitrogens with one attached hydrogen (secondary N) is 8. The van der Waals surface area contributed by atoms with Crippen LogP contribution in [-0.2, 0) is 0 Å². The highest BCUT2D eigenvalue weighted by atomic mass is 14.9. The van der Waals surface area contributed by atoms with Crippen molar-refractivity contribution in [1.29, 1.82) is 0 Å². The summed E-state index contributed by atoms with van der Waals surface area (Å²) >= 11 is 0. The van der Waals surface area contributed by atoms with Crippen molar-refractivity contribution in [3.8, 4) is 67.5 Å². The van der Waals surface area contributed by atoms with Crippen molar-refractivity contribution in [1.82, 2.24) is 69.8 Å². The van der Waals surface area contributed by atoms with Crippen molar-refractivity contribution in [2.75, 3.05) is 0 Å². The zero-order valence-corrected chi connectivity index (χ0v) is 38.8. The van der Waals surface area contributed by atoms with Gasteiger partial charge >= 0.3 is 0 Å². The summed E-state index contributed by atoms with van der Waals surface area (Å²) in [6, 6.07) is 41.9. The van der Waals surface area contributed by atoms with Crippen molar-refractivity contribution in [3.63, 3.8) is 0 Å². The summed E-state index contributed by atoms with van der Waals surface area (Å²) in [5.41, 5.74) is 24.0. The van der Waals surface area contributed by atoms with E-state index in [0.29, 0.717) is 0 Å². The molecule has 0 aliphatic heterocycles. The SMILES string of the molecule is c1cc2[nH]cc(-c3ccc4ccc5ccc(-c6c[nH]c7c(-c8ccc9ccc%10ccc(-c%11c[nH]c%12c(-c%13ccc%14ccc%15ccc(-c%16c[nH]c%17cc[nH]c%16%17)nc%15c%14n%13)c[nH]c%11%12)nc%10c9n8)c[nH]c67)nc5c4n3)c2[nH]1. The Hall–Kier alpha value is -10.6. The van der Waals surface area contributed by atoms with Crippen LogP contribution in [0.3, 0.4) is 0 Å². The Labute approximate surface area is 416 Å². The van der Waals surface area contributed by atoms with Crippen LogP contribution in [0.5, 0.6) is 0 Å². The van der Waals surface area contributed by atoms with Crippen LogP contribution in [0.2, 0.25) is 0 Å². The van der Waals surface area contributed by atoms with Crippen LogP contribution in [0, 0.1) is 0 Å². The molecule has 14 nitrogen and oxygen atoms in total. The molecule has 17 aromatic rings. The minimum absolute atomic E-state index is 0.826. The number of benzene rings is 3. The van der Waals surface area contributed by atoms with Crippen molar-refractivity contribution >= 4 is 110 Å². The second-order valence-electron chi connectivity index (χ2n) is 19.1. The Morgan fingerprint density at radius 1 is 0.203 bits per heavy atom. The van der Waals surface area contributed by atoms with Gasteiger partial charge in [-0.25, -0.2) is 29.9 Å². The second kappa shape index (κ2) is 14.5. The number of hydrogen-bond donors (Lipinski definition) is 8. The van der Waals surface area contributed by atoms with Gasteiger partial charge in [-0.1, -0.05) is 72.8 Å². The van der Waals surface area contributed by atoms with Crippen LogP contribution < -0.4 is 0 Å². The summed E-state index contributed by atoms with van der Waals surface area (Å²) in [7, 11) is 0. The molecule has 0 spiro atoms. The molecule has 0 radical (unpaired) electrons. The first kappa shape index (κ1) is 39.2. The normalized spacial score (nSPS) is 12.3. The molecule has 14 heterocycles. The fraction of sp³-hybridized carbons (Fsp3) is 0. The lowest BCUT2D eigenvalue weighted by Crippen LogP contribution is -1.90. The van der Waals surface area contributed by atoms with E-state index in [1.807, 2.05) is 61.7 Å². The summed E-state index contributed by atoms with van der Waals surface area (Å²) in [5.74, 6) is 0. The van der Waals surface area contributed by atoms with E-state index in [4.69, 9.17) is 29.9 Å². The number of aromatic amines is 8. The first-order chi connectivity index (χ1) is 36.6. The number of aromatic nitrogens is 14. The summed E-state index contributed by atoms with van der Waals surface area (Å²) in [6.45, 7) is 0. The van der Waals surface area contributed by atoms with E-state index in [2.05, 4.69) is 149 Å². The maximum Gasteiger partial charge on any atom is 0.0972 e. The summed E-state index contributed by atoms with van der Waals surface area (Å²) < 4.78 is 0. The molecular weight excluding hydrogens is 917 g/mol. The smallest absolute Gasteiger partial charge is 0.0972 e. The van der Waals surface area contributed by atoms with Gasteiger partial charge in [-0.15, -0.1) is 0 Å². The Morgan fingerprint density at radius 2 is 0.419 bits per heavy atom. The standard InChI is InChI=1S/C60H36N14/c1-3-31-9-15-43(71-51(31)49-29(1)7-13-41(69-49)35-23-63-47-19-21-61-55(35)47)37-25-65-59-39(27-67-57(37)59)45-17-11-33-5-6-34-12-18-46(74-54(34)53(33)73-45)40-28-68-58-38(26-66-60(40)58)44-16-10-32-4-2-30-8-14-42(70-50(30)52(32)72-44)36-24-64-48-20-22-62-56(36)48/h1-28,61-68H. The van der Waals surface area contributed by atoms with Gasteiger partial charge in [0.05, 0.1) is 111 Å². The fourth-order valence-electron chi connectivity index (χ4n) is 11.3. The van der Waals surface area contributed by atoms with Gasteiger partial charge in [0.1, 0.15) is 0 Å². The maximum absolute atomic E-state index is 5.34. The zero-order valence-electron chi connectivity index (χ0n) is 38.8. The van der Waals surface area contributed by atoms with Crippen LogP contribution in [0.1, 0.15) is 0 Å². The van der Waals surface area contributed by atoms with Gasteiger partial charge in [-0.2, -0.15) is 0 Å². The Morgan fingerprint density at radius 3 is 0.676 bits per heavy atom. The molecule has 14 aromatic heterocycles. The van der Waals surface area contributed by atoms with E-state index >= 15 is 0 Å². The number of H-pyrrole nitrogens is 8. The molecule has 0 amide bonds. The molecule has 0 saturated heterocycles. The summed E-state index contributed by atoms with van der Waals surface area (Å²) in [4.78, 5) is 59.3. The van der Waals surface area contributed by atoms with Crippen molar-refractivity contribution in [2.24, 2.45) is 0 Å². The average Bonchev–Trinajstić information content (AvgIpc) is 4.31. The molecule has 17 rings (SSSR count). The molecule has 3 aromatic carbocycles. The van der Waals surface area contributed by atoms with Crippen LogP contribution in [0.15, 0.2) is 171 Å². The highest BCUT2D eigenvalue weighted by Crippen LogP contribution is 2.39. The van der Waals surface area contributed by atoms with E-state index in [1.54, 1.807) is 0 Å². The number of nitrogens with zero attached hydrogens (tertiary/aromatic N) is 6. The molecule has 14 heteroatoms. The fourth-order valence-corrected chi connectivity index (χ4v) is 11.3. The Bertz CT molecular complexity index is 4860. The molecule has 346 valence electrons. The van der Waals surface area contributed by atoms with Crippen molar-refractivity contribution in [3.05, 3.63) is 171 Å². The molecule has 0 fully saturated rings. The average molecular weight is 953 g/mol. The van der Waals surface area contributed by atoms with Gasteiger partial charge in [-0.3, -0.25) is 0 Å². The lowest BCUT2D eigenvalue weighted by Gasteiger charge is -2.07. The van der Waals surface area contributed by atoms with E-state index in [-0.39, 0.29) is 0 Å². The molecule has 8 N–H and O–H groups in total. The van der Waals surface area contributed by atoms with Gasteiger partial charge in [0.25, 0.3) is 0 Å². The number of fused-ring (bicyclic) bond motifs is 13. The minimum Gasteiger partial charge on any atom is -0.359 e. The molecular formula is C60H36N14. The molecule has 0 aliphatic carbocycles. The van der Waals surface area contributed by atoms with Crippen LogP contribution in [0.4, 0.5) is 0 Å². The van der Waals surface area contributed by atoms with Crippen molar-refractivity contribution in [2.45, 2.75) is 0 Å². The van der Waals surface area contributed by atoms with Gasteiger partial charge in [0.2, 0.25) is 0 Å². The van der Waals surface area contributed by atoms with Gasteiger partial charge in [-0.05, 0) is 48.5 Å². The van der Waals surface area contributed by atoms with E-state index < -0.39 is 0 Å². The molecule has 0 atom stereocenters. The number of hydrogen-bond acceptors (Lipinski definition) is 6. The lowest BCUT2D eigenvalue weighted by molar-refractivity contribution is 1.34. The van der Waals surface area contributed by atoms with E-state index in [0.717, 1.165) is 177 Å². The third-order valence-corrected chi connectivity index (χ3v) is 15.0. The van der Waals surface area contributed by atoms with Crippen LogP contribution in [-0.4, -0.2) is 69.8 Å². The summed E-state index contributed by atoms with van der Waals surface area (Å²) in [6.07, 6.45) is 16.0. The minimum atomic E-state index is 0.826. The topological polar surface area (TPSA) is 204 Å². The third-order valence-electron chi connectivity index (χ3n) is 15.0. The predicted octanol–water partition coefficient (Wildman–Crippen LogP) is 14.2. The zero-order chi connectivity index (χ0) is 48.2. The quantitative estimate of drug-likeness (QED) is 0.0761. The predicted molar refractivity (Wildman–Crippen MR) is 296 cm³/mol. The molecule has 0 aliphatic rings. The monoisotopic (exact) mass is 952 g/mol. The maximum atomic E-state index is 5.34. The highest BCUT2D eigenvalue weighted by molar-refractivity contribution is 6.10. The van der Waals surface area contributed by atoms with Crippen LogP contribution >= 0.6 is 0 Å². The molecule has 0 bridgehead atoms. The molecule has 0 saturated carbocycles. The van der Waals surface area contributed by atoms with Gasteiger partial charge in [0.15, 0.2) is 0 Å². The number of rotatable bonds is 6. The van der Waals surface area contributed by atoms with E-state index in [1.165, 1.54) is 0 Å². The van der Waals surface area contributed by atoms with Crippen LogP contribution in [0.25, 0.3) is 177 Å². The first-order valence-corrected chi connectivity index (χ1v) is 24.4. The van der Waals surface area contributed by atoms with Gasteiger partial charge in [0, 0.05) is 115 Å². The van der Waals surface area contributed by atoms with Gasteiger partial charge < -0.3 is 39.9 Å². The highest BCUT2D eigenvalue weighted by Gasteiger charge is 2.21. The first-order valence-electron chi connectivity index (χ1n) is 24.4. The van der Waals surface area contributed by atoms with Crippen molar-refractivity contribution < 1.29 is 0 Å². The Kier molecular flexibility index (Phi) is 7.67. The molecule has 0 unspecified atom stereocenters.